The van der Waals surface area contributed by atoms with E-state index in [2.05, 4.69) is 0 Å². The molecule has 0 amide bonds. The Morgan fingerprint density at radius 3 is 1.86 bits per heavy atom. The van der Waals surface area contributed by atoms with Crippen LogP contribution < -0.4 is 0 Å². The van der Waals surface area contributed by atoms with Crippen molar-refractivity contribution < 1.29 is 13.0 Å². The van der Waals surface area contributed by atoms with Crippen molar-refractivity contribution in [1.82, 2.24) is 0 Å². The highest BCUT2D eigenvalue weighted by molar-refractivity contribution is 7.90. The Balaban J connectivity index is 4.34. The minimum Gasteiger partial charge on any atom is -0.183 e. The molecule has 0 saturated heterocycles. The van der Waals surface area contributed by atoms with E-state index in [-0.39, 0.29) is 0 Å². The first-order valence-electron chi connectivity index (χ1n) is 1.45. The van der Waals surface area contributed by atoms with E-state index in [4.69, 9.17) is 0 Å². The Morgan fingerprint density at radius 2 is 1.86 bits per heavy atom. The van der Waals surface area contributed by atoms with E-state index < -0.39 is 10.1 Å². The van der Waals surface area contributed by atoms with Crippen molar-refractivity contribution in [2.75, 3.05) is 0 Å². The van der Waals surface area contributed by atoms with Crippen molar-refractivity contribution in [3.8, 4) is 11.2 Å². The number of hydrogen-bond donors (Lipinski definition) is 0. The first kappa shape index (κ1) is 6.47. The lowest BCUT2D eigenvalue weighted by molar-refractivity contribution is 0.426. The van der Waals surface area contributed by atoms with Crippen LogP contribution in [0, 0.1) is 11.2 Å². The van der Waals surface area contributed by atoms with Gasteiger partial charge in [-0.05, 0) is 6.92 Å². The fourth-order valence-electron chi connectivity index (χ4n) is 0.125. The molecule has 3 nitrogen and oxygen atoms in total. The monoisotopic (exact) mass is 119 g/mol. The lowest BCUT2D eigenvalue weighted by atomic mass is 10.9. The summed E-state index contributed by atoms with van der Waals surface area (Å²) in [7, 11) is -4.29. The van der Waals surface area contributed by atoms with E-state index in [1.165, 1.54) is 12.2 Å². The highest BCUT2D eigenvalue weighted by atomic mass is 32.2. The van der Waals surface area contributed by atoms with Gasteiger partial charge >= 0.3 is 10.1 Å². The van der Waals surface area contributed by atoms with Crippen molar-refractivity contribution in [3.63, 3.8) is 0 Å². The summed E-state index contributed by atoms with van der Waals surface area (Å²) in [5.74, 6) is 1.96. The topological polar surface area (TPSA) is 54.0 Å². The summed E-state index contributed by atoms with van der Waals surface area (Å²) in [6.07, 6.45) is 0. The molecule has 0 aromatic rings. The van der Waals surface area contributed by atoms with Crippen molar-refractivity contribution >= 4 is 10.1 Å². The van der Waals surface area contributed by atoms with E-state index >= 15 is 0 Å². The highest BCUT2D eigenvalue weighted by Gasteiger charge is 1.94. The average molecular weight is 119 g/mol. The van der Waals surface area contributed by atoms with Crippen LogP contribution in [-0.2, 0) is 14.7 Å². The van der Waals surface area contributed by atoms with Gasteiger partial charge in [-0.15, -0.1) is 0 Å². The van der Waals surface area contributed by atoms with Crippen LogP contribution in [0.25, 0.3) is 0 Å². The molecule has 0 aliphatic carbocycles. The highest BCUT2D eigenvalue weighted by Crippen LogP contribution is 1.73. The lowest BCUT2D eigenvalue weighted by Gasteiger charge is -1.66. The second-order valence-electron chi connectivity index (χ2n) is 0.806. The molecule has 4 heteroatoms. The van der Waals surface area contributed by atoms with E-state index in [1.54, 1.807) is 0 Å². The molecule has 0 rings (SSSR count). The second-order valence-corrected chi connectivity index (χ2v) is 1.92. The van der Waals surface area contributed by atoms with Crippen LogP contribution in [0.2, 0.25) is 0 Å². The summed E-state index contributed by atoms with van der Waals surface area (Å²) in [5.41, 5.74) is 0. The SMILES string of the molecule is CC#CS([O])(=O)=O. The Morgan fingerprint density at radius 1 is 1.43 bits per heavy atom. The number of rotatable bonds is 0. The summed E-state index contributed by atoms with van der Waals surface area (Å²) in [6.45, 7) is 1.29. The Kier molecular flexibility index (Phi) is 1.81. The van der Waals surface area contributed by atoms with Crippen molar-refractivity contribution in [1.29, 1.82) is 0 Å². The quantitative estimate of drug-likeness (QED) is 0.412. The fourth-order valence-corrected chi connectivity index (χ4v) is 0.375. The van der Waals surface area contributed by atoms with Crippen LogP contribution in [-0.4, -0.2) is 8.42 Å². The third-order valence-corrected chi connectivity index (χ3v) is 0.681. The van der Waals surface area contributed by atoms with Gasteiger partial charge in [-0.1, -0.05) is 10.5 Å². The van der Waals surface area contributed by atoms with Gasteiger partial charge in [0.25, 0.3) is 0 Å². The molecule has 0 aromatic carbocycles. The molecule has 39 valence electrons. The molecule has 1 radical (unpaired) electrons. The van der Waals surface area contributed by atoms with Crippen molar-refractivity contribution in [2.45, 2.75) is 6.92 Å². The van der Waals surface area contributed by atoms with Gasteiger partial charge in [0.2, 0.25) is 0 Å². The molecule has 0 fully saturated rings. The molecule has 0 heterocycles. The van der Waals surface area contributed by atoms with Gasteiger partial charge in [0.15, 0.2) is 0 Å². The molecule has 0 aromatic heterocycles. The van der Waals surface area contributed by atoms with Gasteiger partial charge in [0.1, 0.15) is 0 Å². The van der Waals surface area contributed by atoms with E-state index in [9.17, 15) is 13.0 Å². The van der Waals surface area contributed by atoms with Crippen LogP contribution in [0.3, 0.4) is 0 Å². The normalized spacial score (nSPS) is 9.43. The maximum atomic E-state index is 9.50. The Hall–Kier alpha value is -0.530. The number of hydrogen-bond acceptors (Lipinski definition) is 2. The maximum Gasteiger partial charge on any atom is 0.365 e. The Bertz CT molecular complexity index is 190. The minimum atomic E-state index is -4.29. The zero-order valence-electron chi connectivity index (χ0n) is 3.63. The third-order valence-electron chi connectivity index (χ3n) is 0.227. The Labute approximate surface area is 42.1 Å². The zero-order chi connectivity index (χ0) is 5.91. The summed E-state index contributed by atoms with van der Waals surface area (Å²) in [5, 5.41) is 1.45. The summed E-state index contributed by atoms with van der Waals surface area (Å²) in [4.78, 5) is 0. The molecule has 0 bridgehead atoms. The predicted molar refractivity (Wildman–Crippen MR) is 23.1 cm³/mol. The van der Waals surface area contributed by atoms with Crippen molar-refractivity contribution in [2.24, 2.45) is 0 Å². The van der Waals surface area contributed by atoms with Crippen LogP contribution >= 0.6 is 0 Å². The first-order chi connectivity index (χ1) is 3.06. The van der Waals surface area contributed by atoms with Crippen LogP contribution in [0.15, 0.2) is 0 Å². The molecule has 0 saturated carbocycles. The summed E-state index contributed by atoms with van der Waals surface area (Å²) >= 11 is 0. The van der Waals surface area contributed by atoms with Crippen LogP contribution in [0.5, 0.6) is 0 Å². The molecule has 0 aliphatic heterocycles. The van der Waals surface area contributed by atoms with E-state index in [1.807, 2.05) is 5.92 Å². The fraction of sp³-hybridized carbons (Fsp3) is 0.333. The molecule has 0 N–H and O–H groups in total. The first-order valence-corrected chi connectivity index (χ1v) is 2.86. The molecular weight excluding hydrogens is 116 g/mol. The lowest BCUT2D eigenvalue weighted by Crippen LogP contribution is -1.85. The van der Waals surface area contributed by atoms with Crippen molar-refractivity contribution in [3.05, 3.63) is 0 Å². The van der Waals surface area contributed by atoms with E-state index in [0.717, 1.165) is 0 Å². The maximum absolute atomic E-state index is 9.50. The van der Waals surface area contributed by atoms with Crippen LogP contribution in [0.4, 0.5) is 0 Å². The molecule has 0 aliphatic rings. The summed E-state index contributed by atoms with van der Waals surface area (Å²) in [6, 6.07) is 0. The summed E-state index contributed by atoms with van der Waals surface area (Å²) < 4.78 is 28.5. The molecule has 0 unspecified atom stereocenters. The molecule has 0 atom stereocenters. The molecular formula is C3H3O3S. The van der Waals surface area contributed by atoms with Crippen LogP contribution in [0.1, 0.15) is 6.92 Å². The largest absolute Gasteiger partial charge is 0.365 e. The van der Waals surface area contributed by atoms with Gasteiger partial charge in [0, 0.05) is 0 Å². The van der Waals surface area contributed by atoms with Gasteiger partial charge in [0.05, 0.1) is 5.25 Å². The van der Waals surface area contributed by atoms with Gasteiger partial charge in [-0.2, -0.15) is 8.42 Å². The predicted octanol–water partition coefficient (Wildman–Crippen LogP) is -0.272. The van der Waals surface area contributed by atoms with Gasteiger partial charge in [-0.3, -0.25) is 0 Å². The minimum absolute atomic E-state index is 1.29. The third kappa shape index (κ3) is 5.47. The second kappa shape index (κ2) is 1.96. The average Bonchev–Trinajstić information content (AvgIpc) is 1.30. The van der Waals surface area contributed by atoms with Gasteiger partial charge in [-0.25, -0.2) is 0 Å². The molecule has 0 spiro atoms. The zero-order valence-corrected chi connectivity index (χ0v) is 4.45. The smallest absolute Gasteiger partial charge is 0.183 e. The standard InChI is InChI=1S/C3H3O3S/c1-2-3-7(4,5)6/h1H3. The molecule has 7 heavy (non-hydrogen) atoms. The van der Waals surface area contributed by atoms with E-state index in [0.29, 0.717) is 0 Å². The van der Waals surface area contributed by atoms with Gasteiger partial charge < -0.3 is 0 Å².